The van der Waals surface area contributed by atoms with E-state index in [1.807, 2.05) is 0 Å². The van der Waals surface area contributed by atoms with Crippen LogP contribution >= 0.6 is 11.6 Å². The molecule has 0 fully saturated rings. The molecule has 9 atom stereocenters. The number of benzene rings is 3. The van der Waals surface area contributed by atoms with Crippen molar-refractivity contribution in [1.82, 2.24) is 0 Å². The largest absolute Gasteiger partial charge is 0.507 e. The Kier molecular flexibility index (Phi) is 14.5. The first-order valence-electron chi connectivity index (χ1n) is 19.7. The van der Waals surface area contributed by atoms with Gasteiger partial charge in [0.15, 0.2) is 12.4 Å². The van der Waals surface area contributed by atoms with Crippen LogP contribution in [0.2, 0.25) is 5.02 Å². The number of nitrogens with one attached hydrogen (secondary N) is 2. The van der Waals surface area contributed by atoms with Gasteiger partial charge in [-0.05, 0) is 44.2 Å². The molecule has 0 saturated heterocycles. The van der Waals surface area contributed by atoms with Crippen LogP contribution in [0.25, 0.3) is 10.8 Å². The average Bonchev–Trinajstić information content (AvgIpc) is 3.48. The number of ether oxygens (including phenoxy) is 5. The molecule has 0 saturated carbocycles. The standard InChI is InChI=1S/C45H53ClN2O13/c1-21-11-10-12-22(2)44(56)48-30-19-32(58-20-33(50)47-29-15-13-28(46)14-16-29)34-35(40(30)54)39(53)26(6)42-36(34)43(55)45(8,61-42)59-18-17-31(57-9)23(3)41(60-27(7)49)25(5)38(52)24(4)37(21)51/h10-19,21,23-25,31,37-38,41,51-54H,20H2,1-9H3,(H,47,50)(H,48,56)/b11-10+,18-17+,22-12-. The predicted molar refractivity (Wildman–Crippen MR) is 228 cm³/mol. The third-order valence-corrected chi connectivity index (χ3v) is 11.6. The Morgan fingerprint density at radius 1 is 0.951 bits per heavy atom. The van der Waals surface area contributed by atoms with Crippen LogP contribution in [0.3, 0.4) is 0 Å². The number of Topliss-reactive ketones (excluding diaryl/α,β-unsaturated/α-hetero) is 1. The zero-order chi connectivity index (χ0) is 45.1. The second-order valence-electron chi connectivity index (χ2n) is 15.7. The predicted octanol–water partition coefficient (Wildman–Crippen LogP) is 6.72. The molecule has 6 rings (SSSR count). The van der Waals surface area contributed by atoms with Gasteiger partial charge >= 0.3 is 11.8 Å². The summed E-state index contributed by atoms with van der Waals surface area (Å²) in [5, 5.41) is 51.5. The maximum absolute atomic E-state index is 14.5. The minimum Gasteiger partial charge on any atom is -0.507 e. The van der Waals surface area contributed by atoms with Crippen molar-refractivity contribution in [1.29, 1.82) is 0 Å². The summed E-state index contributed by atoms with van der Waals surface area (Å²) >= 11 is 5.98. The SMILES string of the molecule is COC1/C=C/OC2(C)Oc3c(C)c(O)c4c(O)c(cc(OCC(=O)Nc5ccc(Cl)cc5)c4c3C2=O)NC(=O)/C(C)=C\C=C\C(C)C(O)C(C)C(O)C(C)C(OC(C)=O)C1C. The Morgan fingerprint density at radius 3 is 2.26 bits per heavy atom. The van der Waals surface area contributed by atoms with Crippen molar-refractivity contribution in [3.63, 3.8) is 0 Å². The van der Waals surface area contributed by atoms with Crippen molar-refractivity contribution >= 4 is 57.3 Å². The monoisotopic (exact) mass is 864 g/mol. The summed E-state index contributed by atoms with van der Waals surface area (Å²) in [6.45, 7) is 11.8. The number of hydrogen-bond acceptors (Lipinski definition) is 13. The summed E-state index contributed by atoms with van der Waals surface area (Å²) < 4.78 is 29.6. The second kappa shape index (κ2) is 19.0. The number of methoxy groups -OCH3 is 1. The zero-order valence-corrected chi connectivity index (χ0v) is 36.2. The van der Waals surface area contributed by atoms with Crippen molar-refractivity contribution < 1.29 is 63.3 Å². The molecule has 2 amide bonds. The van der Waals surface area contributed by atoms with Gasteiger partial charge in [-0.15, -0.1) is 0 Å². The first-order chi connectivity index (χ1) is 28.7. The number of fused-ring (bicyclic) bond motifs is 14. The Hall–Kier alpha value is -5.61. The molecule has 3 aliphatic heterocycles. The zero-order valence-electron chi connectivity index (χ0n) is 35.4. The number of allylic oxidation sites excluding steroid dienone is 2. The van der Waals surface area contributed by atoms with Crippen LogP contribution in [-0.2, 0) is 28.6 Å². The first-order valence-corrected chi connectivity index (χ1v) is 20.1. The van der Waals surface area contributed by atoms with E-state index in [0.717, 1.165) is 0 Å². The number of phenolic OH excluding ortho intramolecular Hbond substituents is 2. The Balaban J connectivity index is 1.65. The number of carbonyl (C=O) groups is 4. The lowest BCUT2D eigenvalue weighted by Gasteiger charge is -2.38. The average molecular weight is 865 g/mol. The number of halogens is 1. The maximum atomic E-state index is 14.5. The number of aliphatic hydroxyl groups excluding tert-OH is 2. The van der Waals surface area contributed by atoms with Crippen molar-refractivity contribution in [2.24, 2.45) is 23.7 Å². The minimum atomic E-state index is -2.05. The fourth-order valence-corrected chi connectivity index (χ4v) is 7.75. The van der Waals surface area contributed by atoms with Crippen molar-refractivity contribution in [3.05, 3.63) is 82.6 Å². The van der Waals surface area contributed by atoms with Gasteiger partial charge in [-0.3, -0.25) is 19.2 Å². The highest BCUT2D eigenvalue weighted by Gasteiger charge is 2.49. The van der Waals surface area contributed by atoms with E-state index in [0.29, 0.717) is 10.7 Å². The second-order valence-corrected chi connectivity index (χ2v) is 16.2. The van der Waals surface area contributed by atoms with Crippen LogP contribution in [0.5, 0.6) is 23.0 Å². The van der Waals surface area contributed by atoms with E-state index in [2.05, 4.69) is 10.6 Å². The third-order valence-electron chi connectivity index (χ3n) is 11.3. The maximum Gasteiger partial charge on any atom is 0.312 e. The van der Waals surface area contributed by atoms with E-state index >= 15 is 0 Å². The number of aromatic hydroxyl groups is 2. The van der Waals surface area contributed by atoms with Gasteiger partial charge in [0.05, 0.1) is 41.2 Å². The molecule has 0 aliphatic carbocycles. The number of aliphatic hydroxyl groups is 2. The van der Waals surface area contributed by atoms with Crippen molar-refractivity contribution in [2.45, 2.75) is 85.6 Å². The number of anilines is 2. The van der Waals surface area contributed by atoms with Crippen LogP contribution in [-0.4, -0.2) is 87.9 Å². The fraction of sp³-hybridized carbons (Fsp3) is 0.422. The van der Waals surface area contributed by atoms with Gasteiger partial charge < -0.3 is 54.7 Å². The van der Waals surface area contributed by atoms with Gasteiger partial charge in [0.1, 0.15) is 23.4 Å². The van der Waals surface area contributed by atoms with E-state index in [-0.39, 0.29) is 44.7 Å². The highest BCUT2D eigenvalue weighted by atomic mass is 35.5. The summed E-state index contributed by atoms with van der Waals surface area (Å²) in [6, 6.07) is 7.58. The molecule has 328 valence electrons. The van der Waals surface area contributed by atoms with Crippen molar-refractivity contribution in [2.75, 3.05) is 24.4 Å². The Labute approximate surface area is 358 Å². The number of carbonyl (C=O) groups excluding carboxylic acids is 4. The molecule has 15 nitrogen and oxygen atoms in total. The lowest BCUT2D eigenvalue weighted by Crippen LogP contribution is -2.46. The number of ketones is 1. The molecule has 3 aromatic rings. The summed E-state index contributed by atoms with van der Waals surface area (Å²) in [7, 11) is 1.43. The summed E-state index contributed by atoms with van der Waals surface area (Å²) in [4.78, 5) is 53.5. The van der Waals surface area contributed by atoms with E-state index in [1.165, 1.54) is 59.3 Å². The molecule has 0 aromatic heterocycles. The first kappa shape index (κ1) is 46.5. The van der Waals surface area contributed by atoms with Gasteiger partial charge in [-0.1, -0.05) is 57.5 Å². The van der Waals surface area contributed by atoms with E-state index < -0.39 is 95.5 Å². The van der Waals surface area contributed by atoms with E-state index in [9.17, 15) is 39.6 Å². The van der Waals surface area contributed by atoms with Crippen molar-refractivity contribution in [3.8, 4) is 23.0 Å². The van der Waals surface area contributed by atoms with E-state index in [1.54, 1.807) is 64.1 Å². The Morgan fingerprint density at radius 2 is 1.62 bits per heavy atom. The molecule has 16 heteroatoms. The molecule has 6 N–H and O–H groups in total. The Bertz CT molecular complexity index is 2270. The molecule has 0 spiro atoms. The van der Waals surface area contributed by atoms with Crippen LogP contribution in [0.1, 0.15) is 64.4 Å². The number of hydrogen-bond donors (Lipinski definition) is 6. The summed E-state index contributed by atoms with van der Waals surface area (Å²) in [5.41, 5.74) is 0.287. The molecule has 3 heterocycles. The molecule has 61 heavy (non-hydrogen) atoms. The summed E-state index contributed by atoms with van der Waals surface area (Å²) in [6.07, 6.45) is 3.47. The van der Waals surface area contributed by atoms with Crippen LogP contribution < -0.4 is 20.1 Å². The molecule has 3 aliphatic rings. The number of phenols is 2. The van der Waals surface area contributed by atoms with Crippen LogP contribution in [0.15, 0.2) is 66.5 Å². The summed E-state index contributed by atoms with van der Waals surface area (Å²) in [5.74, 6) is -8.57. The molecule has 9 unspecified atom stereocenters. The molecular formula is C45H53ClN2O13. The van der Waals surface area contributed by atoms with Gasteiger partial charge in [-0.2, -0.15) is 0 Å². The lowest BCUT2D eigenvalue weighted by atomic mass is 9.78. The highest BCUT2D eigenvalue weighted by molar-refractivity contribution is 6.30. The quantitative estimate of drug-likeness (QED) is 0.112. The van der Waals surface area contributed by atoms with Gasteiger partial charge in [0, 0.05) is 77.9 Å². The highest BCUT2D eigenvalue weighted by Crippen LogP contribution is 2.54. The number of amides is 2. The topological polar surface area (TPSA) is 219 Å². The van der Waals surface area contributed by atoms with Crippen LogP contribution in [0.4, 0.5) is 11.4 Å². The molecule has 3 aromatic carbocycles. The smallest absolute Gasteiger partial charge is 0.312 e. The fourth-order valence-electron chi connectivity index (χ4n) is 7.62. The number of rotatable bonds is 6. The molecule has 5 bridgehead atoms. The van der Waals surface area contributed by atoms with E-state index in [4.69, 9.17) is 35.3 Å². The molecule has 0 radical (unpaired) electrons. The van der Waals surface area contributed by atoms with Crippen LogP contribution in [0, 0.1) is 30.6 Å². The third kappa shape index (κ3) is 9.81. The van der Waals surface area contributed by atoms with Gasteiger partial charge in [0.2, 0.25) is 0 Å². The van der Waals surface area contributed by atoms with Gasteiger partial charge in [-0.25, -0.2) is 0 Å². The minimum absolute atomic E-state index is 0.0507. The lowest BCUT2D eigenvalue weighted by molar-refractivity contribution is -0.160. The normalized spacial score (nSPS) is 29.1. The van der Waals surface area contributed by atoms with Gasteiger partial charge in [0.25, 0.3) is 17.6 Å². The number of esters is 1. The molecular weight excluding hydrogens is 812 g/mol.